The molecule has 0 spiro atoms. The molecule has 1 N–H and O–H groups in total. The summed E-state index contributed by atoms with van der Waals surface area (Å²) in [4.78, 5) is 13.4. The summed E-state index contributed by atoms with van der Waals surface area (Å²) in [6.45, 7) is 6.20. The van der Waals surface area contributed by atoms with Gasteiger partial charge in [0.05, 0.1) is 7.11 Å². The molecule has 0 saturated heterocycles. The van der Waals surface area contributed by atoms with Gasteiger partial charge in [0, 0.05) is 16.7 Å². The molecule has 0 bridgehead atoms. The van der Waals surface area contributed by atoms with Crippen LogP contribution in [0.5, 0.6) is 0 Å². The Hall–Kier alpha value is -1.00. The van der Waals surface area contributed by atoms with E-state index in [0.29, 0.717) is 6.04 Å². The minimum absolute atomic E-state index is 0.157. The molecule has 1 fully saturated rings. The van der Waals surface area contributed by atoms with Gasteiger partial charge in [-0.15, -0.1) is 11.8 Å². The van der Waals surface area contributed by atoms with E-state index in [0.717, 1.165) is 25.0 Å². The Morgan fingerprint density at radius 2 is 2.14 bits per heavy atom. The van der Waals surface area contributed by atoms with Gasteiger partial charge in [0.1, 0.15) is 5.54 Å². The van der Waals surface area contributed by atoms with Crippen LogP contribution in [0.4, 0.5) is 0 Å². The highest BCUT2D eigenvalue weighted by Crippen LogP contribution is 2.29. The van der Waals surface area contributed by atoms with Crippen LogP contribution in [0.1, 0.15) is 37.3 Å². The molecule has 0 aromatic heterocycles. The summed E-state index contributed by atoms with van der Waals surface area (Å²) < 4.78 is 4.98. The third-order valence-electron chi connectivity index (χ3n) is 3.94. The van der Waals surface area contributed by atoms with Crippen molar-refractivity contribution in [1.29, 1.82) is 0 Å². The topological polar surface area (TPSA) is 38.3 Å². The predicted molar refractivity (Wildman–Crippen MR) is 87.8 cm³/mol. The molecular weight excluding hydrogens is 282 g/mol. The number of rotatable bonds is 7. The molecule has 116 valence electrons. The van der Waals surface area contributed by atoms with Gasteiger partial charge in [-0.25, -0.2) is 0 Å². The van der Waals surface area contributed by atoms with Gasteiger partial charge >= 0.3 is 5.97 Å². The molecule has 0 amide bonds. The number of methoxy groups -OCH3 is 1. The maximum Gasteiger partial charge on any atom is 0.325 e. The molecule has 1 atom stereocenters. The second kappa shape index (κ2) is 6.84. The third kappa shape index (κ3) is 4.48. The van der Waals surface area contributed by atoms with Crippen LogP contribution in [0.15, 0.2) is 23.1 Å². The minimum Gasteiger partial charge on any atom is -0.468 e. The lowest BCUT2D eigenvalue weighted by molar-refractivity contribution is -0.148. The SMILES string of the molecule is COC(=O)C(C)(CCSc1cc(C)ccc1C)NC1CC1. The van der Waals surface area contributed by atoms with E-state index >= 15 is 0 Å². The monoisotopic (exact) mass is 307 g/mol. The minimum atomic E-state index is -0.569. The molecule has 1 saturated carbocycles. The summed E-state index contributed by atoms with van der Waals surface area (Å²) in [6.07, 6.45) is 3.10. The van der Waals surface area contributed by atoms with E-state index < -0.39 is 5.54 Å². The van der Waals surface area contributed by atoms with Gasteiger partial charge in [-0.1, -0.05) is 17.7 Å². The Morgan fingerprint density at radius 3 is 2.76 bits per heavy atom. The van der Waals surface area contributed by atoms with Crippen LogP contribution in [0.2, 0.25) is 0 Å². The highest BCUT2D eigenvalue weighted by molar-refractivity contribution is 7.99. The lowest BCUT2D eigenvalue weighted by atomic mass is 9.99. The van der Waals surface area contributed by atoms with Gasteiger partial charge in [-0.2, -0.15) is 0 Å². The van der Waals surface area contributed by atoms with Gasteiger partial charge in [0.2, 0.25) is 0 Å². The first-order valence-electron chi connectivity index (χ1n) is 7.51. The van der Waals surface area contributed by atoms with Crippen molar-refractivity contribution < 1.29 is 9.53 Å². The summed E-state index contributed by atoms with van der Waals surface area (Å²) in [5, 5.41) is 3.44. The molecule has 2 rings (SSSR count). The number of nitrogens with one attached hydrogen (secondary N) is 1. The average molecular weight is 307 g/mol. The number of ether oxygens (including phenoxy) is 1. The van der Waals surface area contributed by atoms with Gasteiger partial charge in [0.15, 0.2) is 0 Å². The van der Waals surface area contributed by atoms with Crippen LogP contribution < -0.4 is 5.32 Å². The smallest absolute Gasteiger partial charge is 0.325 e. The normalized spacial score (nSPS) is 17.3. The fraction of sp³-hybridized carbons (Fsp3) is 0.588. The van der Waals surface area contributed by atoms with Crippen molar-refractivity contribution in [1.82, 2.24) is 5.32 Å². The van der Waals surface area contributed by atoms with Gasteiger partial charge < -0.3 is 4.74 Å². The molecule has 1 aliphatic rings. The molecule has 0 heterocycles. The van der Waals surface area contributed by atoms with Crippen molar-refractivity contribution in [3.8, 4) is 0 Å². The van der Waals surface area contributed by atoms with E-state index in [4.69, 9.17) is 4.74 Å². The summed E-state index contributed by atoms with van der Waals surface area (Å²) >= 11 is 1.82. The van der Waals surface area contributed by atoms with E-state index in [1.807, 2.05) is 18.7 Å². The predicted octanol–water partition coefficient (Wildman–Crippen LogP) is 3.47. The second-order valence-corrected chi connectivity index (χ2v) is 7.25. The number of esters is 1. The van der Waals surface area contributed by atoms with Crippen LogP contribution in [0, 0.1) is 13.8 Å². The summed E-state index contributed by atoms with van der Waals surface area (Å²) in [5.74, 6) is 0.742. The zero-order chi connectivity index (χ0) is 15.5. The molecule has 3 nitrogen and oxygen atoms in total. The van der Waals surface area contributed by atoms with Gasteiger partial charge in [0.25, 0.3) is 0 Å². The van der Waals surface area contributed by atoms with Crippen LogP contribution >= 0.6 is 11.8 Å². The Labute approximate surface area is 131 Å². The van der Waals surface area contributed by atoms with Crippen LogP contribution in [-0.2, 0) is 9.53 Å². The number of thioether (sulfide) groups is 1. The fourth-order valence-corrected chi connectivity index (χ4v) is 3.66. The first kappa shape index (κ1) is 16.4. The fourth-order valence-electron chi connectivity index (χ4n) is 2.36. The maximum absolute atomic E-state index is 12.1. The highest BCUT2D eigenvalue weighted by Gasteiger charge is 2.38. The first-order valence-corrected chi connectivity index (χ1v) is 8.49. The molecule has 1 aromatic rings. The van der Waals surface area contributed by atoms with E-state index in [2.05, 4.69) is 37.4 Å². The second-order valence-electron chi connectivity index (χ2n) is 6.11. The Kier molecular flexibility index (Phi) is 5.33. The molecule has 21 heavy (non-hydrogen) atoms. The molecule has 4 heteroatoms. The van der Waals surface area contributed by atoms with Crippen molar-refractivity contribution >= 4 is 17.7 Å². The van der Waals surface area contributed by atoms with Gasteiger partial charge in [-0.05, 0) is 51.7 Å². The molecule has 1 aliphatic carbocycles. The standard InChI is InChI=1S/C17H25NO2S/c1-12-5-6-13(2)15(11-12)21-10-9-17(3,16(19)20-4)18-14-7-8-14/h5-6,11,14,18H,7-10H2,1-4H3. The van der Waals surface area contributed by atoms with Crippen molar-refractivity contribution in [2.24, 2.45) is 0 Å². The summed E-state index contributed by atoms with van der Waals surface area (Å²) in [6, 6.07) is 6.98. The maximum atomic E-state index is 12.1. The Balaban J connectivity index is 1.95. The van der Waals surface area contributed by atoms with E-state index in [1.165, 1.54) is 23.1 Å². The molecule has 1 aromatic carbocycles. The lowest BCUT2D eigenvalue weighted by Crippen LogP contribution is -2.51. The van der Waals surface area contributed by atoms with Crippen molar-refractivity contribution in [3.05, 3.63) is 29.3 Å². The van der Waals surface area contributed by atoms with Crippen LogP contribution in [0.25, 0.3) is 0 Å². The van der Waals surface area contributed by atoms with E-state index in [9.17, 15) is 4.79 Å². The molecule has 0 aliphatic heterocycles. The van der Waals surface area contributed by atoms with Crippen molar-refractivity contribution in [3.63, 3.8) is 0 Å². The first-order chi connectivity index (χ1) is 9.94. The zero-order valence-electron chi connectivity index (χ0n) is 13.4. The highest BCUT2D eigenvalue weighted by atomic mass is 32.2. The third-order valence-corrected chi connectivity index (χ3v) is 5.10. The number of aryl methyl sites for hydroxylation is 2. The zero-order valence-corrected chi connectivity index (χ0v) is 14.2. The largest absolute Gasteiger partial charge is 0.468 e. The van der Waals surface area contributed by atoms with E-state index in [-0.39, 0.29) is 5.97 Å². The van der Waals surface area contributed by atoms with E-state index in [1.54, 1.807) is 0 Å². The van der Waals surface area contributed by atoms with Crippen LogP contribution in [-0.4, -0.2) is 30.4 Å². The number of carbonyl (C=O) groups excluding carboxylic acids is 1. The number of carbonyl (C=O) groups is 1. The Morgan fingerprint density at radius 1 is 1.43 bits per heavy atom. The Bertz CT molecular complexity index is 514. The van der Waals surface area contributed by atoms with Gasteiger partial charge in [-0.3, -0.25) is 10.1 Å². The summed E-state index contributed by atoms with van der Waals surface area (Å²) in [7, 11) is 1.47. The number of benzene rings is 1. The number of hydrogen-bond acceptors (Lipinski definition) is 4. The average Bonchev–Trinajstić information content (AvgIpc) is 3.25. The summed E-state index contributed by atoms with van der Waals surface area (Å²) in [5.41, 5.74) is 2.00. The molecule has 1 unspecified atom stereocenters. The van der Waals surface area contributed by atoms with Crippen molar-refractivity contribution in [2.45, 2.75) is 56.5 Å². The quantitative estimate of drug-likeness (QED) is 0.618. The molecular formula is C17H25NO2S. The molecule has 0 radical (unpaired) electrons. The lowest BCUT2D eigenvalue weighted by Gasteiger charge is -2.28. The van der Waals surface area contributed by atoms with Crippen LogP contribution in [0.3, 0.4) is 0 Å². The number of hydrogen-bond donors (Lipinski definition) is 1. The van der Waals surface area contributed by atoms with Crippen molar-refractivity contribution in [2.75, 3.05) is 12.9 Å².